The van der Waals surface area contributed by atoms with Crippen LogP contribution in [-0.4, -0.2) is 23.4 Å². The van der Waals surface area contributed by atoms with Crippen molar-refractivity contribution < 1.29 is 14.3 Å². The molecule has 0 fully saturated rings. The molecule has 0 bridgehead atoms. The van der Waals surface area contributed by atoms with Crippen LogP contribution < -0.4 is 11.1 Å². The van der Waals surface area contributed by atoms with E-state index in [1.54, 1.807) is 5.38 Å². The summed E-state index contributed by atoms with van der Waals surface area (Å²) in [5.74, 6) is -0.776. The van der Waals surface area contributed by atoms with E-state index in [2.05, 4.69) is 10.3 Å². The van der Waals surface area contributed by atoms with Crippen LogP contribution in [0.5, 0.6) is 0 Å². The van der Waals surface area contributed by atoms with Gasteiger partial charge in [-0.15, -0.1) is 11.3 Å². The van der Waals surface area contributed by atoms with E-state index in [-0.39, 0.29) is 25.0 Å². The molecule has 1 aromatic heterocycles. The summed E-state index contributed by atoms with van der Waals surface area (Å²) in [6.07, 6.45) is -0.299. The lowest BCUT2D eigenvalue weighted by Gasteiger charge is -2.18. The van der Waals surface area contributed by atoms with Crippen LogP contribution in [0.4, 0.5) is 5.13 Å². The van der Waals surface area contributed by atoms with Crippen LogP contribution in [0.25, 0.3) is 0 Å². The van der Waals surface area contributed by atoms with Crippen molar-refractivity contribution >= 4 is 28.3 Å². The highest BCUT2D eigenvalue weighted by Gasteiger charge is 2.17. The minimum atomic E-state index is -0.463. The van der Waals surface area contributed by atoms with Crippen molar-refractivity contribution in [2.75, 3.05) is 11.9 Å². The van der Waals surface area contributed by atoms with Crippen molar-refractivity contribution in [2.45, 2.75) is 12.5 Å². The number of nitrogens with one attached hydrogen (secondary N) is 1. The van der Waals surface area contributed by atoms with Crippen molar-refractivity contribution in [1.82, 2.24) is 4.98 Å². The first kappa shape index (κ1) is 18.8. The van der Waals surface area contributed by atoms with Crippen LogP contribution in [0.1, 0.15) is 22.9 Å². The third-order valence-electron chi connectivity index (χ3n) is 3.74. The molecule has 2 aromatic carbocycles. The quantitative estimate of drug-likeness (QED) is 0.627. The summed E-state index contributed by atoms with van der Waals surface area (Å²) < 4.78 is 5.91. The number of anilines is 1. The molecule has 0 saturated carbocycles. The summed E-state index contributed by atoms with van der Waals surface area (Å²) in [6.45, 7) is -0.126. The Morgan fingerprint density at radius 3 is 2.19 bits per heavy atom. The monoisotopic (exact) mass is 381 g/mol. The Labute approximate surface area is 161 Å². The van der Waals surface area contributed by atoms with Gasteiger partial charge in [0.25, 0.3) is 5.91 Å². The topological polar surface area (TPSA) is 94.3 Å². The van der Waals surface area contributed by atoms with Crippen LogP contribution >= 0.6 is 11.3 Å². The van der Waals surface area contributed by atoms with E-state index >= 15 is 0 Å². The van der Waals surface area contributed by atoms with E-state index in [9.17, 15) is 9.59 Å². The molecule has 7 heteroatoms. The number of aromatic nitrogens is 1. The third-order valence-corrected chi connectivity index (χ3v) is 4.55. The van der Waals surface area contributed by atoms with Crippen LogP contribution in [0.3, 0.4) is 0 Å². The zero-order valence-corrected chi connectivity index (χ0v) is 15.3. The van der Waals surface area contributed by atoms with Gasteiger partial charge in [0.2, 0.25) is 5.91 Å². The van der Waals surface area contributed by atoms with E-state index < -0.39 is 5.91 Å². The number of nitrogens with zero attached hydrogens (tertiary/aromatic N) is 1. The van der Waals surface area contributed by atoms with Gasteiger partial charge in [0.1, 0.15) is 12.7 Å². The number of hydrogen-bond donors (Lipinski definition) is 2. The van der Waals surface area contributed by atoms with Crippen molar-refractivity contribution in [3.63, 3.8) is 0 Å². The number of carbonyl (C=O) groups is 2. The largest absolute Gasteiger partial charge is 0.369 e. The number of nitrogens with two attached hydrogens (primary N) is 1. The molecule has 27 heavy (non-hydrogen) atoms. The molecule has 1 heterocycles. The fourth-order valence-electron chi connectivity index (χ4n) is 2.58. The number of rotatable bonds is 8. The first-order valence-corrected chi connectivity index (χ1v) is 9.24. The molecule has 6 nitrogen and oxygen atoms in total. The van der Waals surface area contributed by atoms with Gasteiger partial charge in [-0.25, -0.2) is 4.98 Å². The molecule has 138 valence electrons. The standard InChI is InChI=1S/C20H19N3O3S/c21-17(24)11-16-13-27-20(22-16)23-18(25)12-26-19(14-7-3-1-4-8-14)15-9-5-2-6-10-15/h1-10,13,19H,11-12H2,(H2,21,24)(H,22,23,25). The third kappa shape index (κ3) is 5.47. The number of thiazole rings is 1. The van der Waals surface area contributed by atoms with E-state index in [1.165, 1.54) is 11.3 Å². The molecule has 2 amide bonds. The highest BCUT2D eigenvalue weighted by molar-refractivity contribution is 7.13. The average molecular weight is 381 g/mol. The molecule has 0 spiro atoms. The number of benzene rings is 2. The smallest absolute Gasteiger partial charge is 0.252 e. The minimum Gasteiger partial charge on any atom is -0.369 e. The molecule has 0 atom stereocenters. The average Bonchev–Trinajstić information content (AvgIpc) is 3.09. The van der Waals surface area contributed by atoms with Gasteiger partial charge in [-0.3, -0.25) is 14.9 Å². The zero-order valence-electron chi connectivity index (χ0n) is 14.5. The molecular formula is C20H19N3O3S. The highest BCUT2D eigenvalue weighted by atomic mass is 32.1. The molecule has 0 saturated heterocycles. The summed E-state index contributed by atoms with van der Waals surface area (Å²) >= 11 is 1.24. The number of primary amides is 1. The lowest BCUT2D eigenvalue weighted by atomic mass is 10.0. The number of ether oxygens (including phenoxy) is 1. The molecule has 3 N–H and O–H groups in total. The molecule has 0 unspecified atom stereocenters. The van der Waals surface area contributed by atoms with Crippen LogP contribution in [-0.2, 0) is 20.7 Å². The van der Waals surface area contributed by atoms with Crippen molar-refractivity contribution in [1.29, 1.82) is 0 Å². The summed E-state index contributed by atoms with van der Waals surface area (Å²) in [5, 5.41) is 4.79. The molecule has 0 aliphatic rings. The predicted molar refractivity (Wildman–Crippen MR) is 104 cm³/mol. The first-order chi connectivity index (χ1) is 13.1. The van der Waals surface area contributed by atoms with Gasteiger partial charge in [-0.05, 0) is 11.1 Å². The Morgan fingerprint density at radius 1 is 1.04 bits per heavy atom. The van der Waals surface area contributed by atoms with Gasteiger partial charge in [0.05, 0.1) is 12.1 Å². The second-order valence-electron chi connectivity index (χ2n) is 5.85. The number of carbonyl (C=O) groups excluding carboxylic acids is 2. The van der Waals surface area contributed by atoms with Gasteiger partial charge in [-0.2, -0.15) is 0 Å². The Morgan fingerprint density at radius 2 is 1.63 bits per heavy atom. The van der Waals surface area contributed by atoms with Gasteiger partial charge in [0.15, 0.2) is 5.13 Å². The fraction of sp³-hybridized carbons (Fsp3) is 0.150. The van der Waals surface area contributed by atoms with Crippen molar-refractivity contribution in [2.24, 2.45) is 5.73 Å². The Bertz CT molecular complexity index is 858. The predicted octanol–water partition coefficient (Wildman–Crippen LogP) is 2.92. The molecule has 0 aliphatic heterocycles. The van der Waals surface area contributed by atoms with Crippen LogP contribution in [0.2, 0.25) is 0 Å². The number of amides is 2. The Kier molecular flexibility index (Phi) is 6.30. The molecule has 0 aliphatic carbocycles. The van der Waals surface area contributed by atoms with Crippen molar-refractivity contribution in [3.8, 4) is 0 Å². The van der Waals surface area contributed by atoms with Gasteiger partial charge < -0.3 is 10.5 Å². The maximum absolute atomic E-state index is 12.2. The van der Waals surface area contributed by atoms with Gasteiger partial charge in [0, 0.05) is 5.38 Å². The fourth-order valence-corrected chi connectivity index (χ4v) is 3.31. The summed E-state index contributed by atoms with van der Waals surface area (Å²) in [7, 11) is 0. The van der Waals surface area contributed by atoms with Gasteiger partial charge in [-0.1, -0.05) is 60.7 Å². The van der Waals surface area contributed by atoms with E-state index in [1.807, 2.05) is 60.7 Å². The van der Waals surface area contributed by atoms with Crippen LogP contribution in [0.15, 0.2) is 66.0 Å². The Hall–Kier alpha value is -3.03. The second-order valence-corrected chi connectivity index (χ2v) is 6.71. The number of hydrogen-bond acceptors (Lipinski definition) is 5. The summed E-state index contributed by atoms with van der Waals surface area (Å²) in [4.78, 5) is 27.3. The summed E-state index contributed by atoms with van der Waals surface area (Å²) in [6, 6.07) is 19.5. The van der Waals surface area contributed by atoms with E-state index in [4.69, 9.17) is 10.5 Å². The van der Waals surface area contributed by atoms with E-state index in [0.29, 0.717) is 10.8 Å². The van der Waals surface area contributed by atoms with E-state index in [0.717, 1.165) is 11.1 Å². The lowest BCUT2D eigenvalue weighted by Crippen LogP contribution is -2.20. The first-order valence-electron chi connectivity index (χ1n) is 8.36. The maximum atomic E-state index is 12.2. The van der Waals surface area contributed by atoms with Crippen molar-refractivity contribution in [3.05, 3.63) is 82.9 Å². The normalized spacial score (nSPS) is 10.7. The Balaban J connectivity index is 1.64. The highest BCUT2D eigenvalue weighted by Crippen LogP contribution is 2.25. The molecule has 3 aromatic rings. The molecular weight excluding hydrogens is 362 g/mol. The molecule has 3 rings (SSSR count). The van der Waals surface area contributed by atoms with Crippen LogP contribution in [0, 0.1) is 0 Å². The SMILES string of the molecule is NC(=O)Cc1csc(NC(=O)COC(c2ccccc2)c2ccccc2)n1. The summed E-state index contributed by atoms with van der Waals surface area (Å²) in [5.41, 5.74) is 7.62. The zero-order chi connectivity index (χ0) is 19.1. The minimum absolute atomic E-state index is 0.0486. The molecule has 0 radical (unpaired) electrons. The maximum Gasteiger partial charge on any atom is 0.252 e. The second kappa shape index (κ2) is 9.07. The van der Waals surface area contributed by atoms with Gasteiger partial charge >= 0.3 is 0 Å². The lowest BCUT2D eigenvalue weighted by molar-refractivity contribution is -0.122.